The lowest BCUT2D eigenvalue weighted by atomic mass is 9.51. The summed E-state index contributed by atoms with van der Waals surface area (Å²) in [5, 5.41) is 11.2. The van der Waals surface area contributed by atoms with Crippen LogP contribution in [0, 0.1) is 34.9 Å². The molecule has 0 aromatic heterocycles. The summed E-state index contributed by atoms with van der Waals surface area (Å²) in [5.74, 6) is -7.64. The number of allylic oxidation sites excluding steroid dienone is 3. The lowest BCUT2D eigenvalue weighted by molar-refractivity contribution is -0.138. The van der Waals surface area contributed by atoms with Gasteiger partial charge in [0.05, 0.1) is 41.0 Å². The molecule has 0 bridgehead atoms. The van der Waals surface area contributed by atoms with Gasteiger partial charge in [0.1, 0.15) is 11.6 Å². The minimum Gasteiger partial charge on any atom is -0.507 e. The molecule has 2 aliphatic heterocycles. The van der Waals surface area contributed by atoms with Crippen LogP contribution in [0.15, 0.2) is 60.7 Å². The van der Waals surface area contributed by atoms with Crippen LogP contribution in [0.2, 0.25) is 5.02 Å². The van der Waals surface area contributed by atoms with E-state index in [0.29, 0.717) is 28.0 Å². The van der Waals surface area contributed by atoms with Crippen molar-refractivity contribution in [3.63, 3.8) is 0 Å². The van der Waals surface area contributed by atoms with Crippen LogP contribution in [0.5, 0.6) is 5.75 Å². The predicted molar refractivity (Wildman–Crippen MR) is 152 cm³/mol. The molecule has 5 amide bonds. The normalized spacial score (nSPS) is 29.7. The van der Waals surface area contributed by atoms with Gasteiger partial charge < -0.3 is 9.84 Å². The molecule has 2 saturated heterocycles. The van der Waals surface area contributed by atoms with Gasteiger partial charge in [0.15, 0.2) is 0 Å². The van der Waals surface area contributed by atoms with E-state index in [9.17, 15) is 33.5 Å². The van der Waals surface area contributed by atoms with Crippen LogP contribution in [0.3, 0.4) is 0 Å². The van der Waals surface area contributed by atoms with E-state index in [0.717, 1.165) is 18.1 Å². The van der Waals surface area contributed by atoms with Crippen molar-refractivity contribution in [2.24, 2.45) is 29.1 Å². The van der Waals surface area contributed by atoms with Crippen LogP contribution in [0.4, 0.5) is 14.9 Å². The van der Waals surface area contributed by atoms with Crippen molar-refractivity contribution in [2.75, 3.05) is 12.0 Å². The van der Waals surface area contributed by atoms with Crippen molar-refractivity contribution in [3.8, 4) is 5.75 Å². The van der Waals surface area contributed by atoms with E-state index in [1.165, 1.54) is 12.1 Å². The third-order valence-electron chi connectivity index (χ3n) is 9.62. The number of para-hydroxylation sites is 1. The van der Waals surface area contributed by atoms with Gasteiger partial charge in [0.25, 0.3) is 0 Å². The average Bonchev–Trinajstić information content (AvgIpc) is 3.35. The Hall–Kier alpha value is -4.31. The van der Waals surface area contributed by atoms with E-state index in [1.807, 2.05) is 0 Å². The number of aromatic hydroxyl groups is 1. The zero-order valence-electron chi connectivity index (χ0n) is 23.4. The summed E-state index contributed by atoms with van der Waals surface area (Å²) in [4.78, 5) is 69.3. The van der Waals surface area contributed by atoms with Gasteiger partial charge in [-0.1, -0.05) is 47.5 Å². The third kappa shape index (κ3) is 3.92. The number of benzene rings is 2. The van der Waals surface area contributed by atoms with E-state index in [4.69, 9.17) is 16.3 Å². The molecule has 0 radical (unpaired) electrons. The van der Waals surface area contributed by atoms with Crippen LogP contribution in [-0.2, 0) is 30.3 Å². The maximum absolute atomic E-state index is 14.4. The molecule has 2 aliphatic carbocycles. The molecule has 6 rings (SSSR count). The Kier molecular flexibility index (Phi) is 6.80. The van der Waals surface area contributed by atoms with Gasteiger partial charge in [0.2, 0.25) is 23.6 Å². The first-order chi connectivity index (χ1) is 20.5. The largest absolute Gasteiger partial charge is 0.507 e. The van der Waals surface area contributed by atoms with Gasteiger partial charge in [0, 0.05) is 11.5 Å². The number of halogens is 2. The topological polar surface area (TPSA) is 121 Å². The first kappa shape index (κ1) is 28.8. The number of rotatable bonds is 4. The highest BCUT2D eigenvalue weighted by molar-refractivity contribution is 6.31. The van der Waals surface area contributed by atoms with E-state index in [-0.39, 0.29) is 29.3 Å². The molecule has 0 unspecified atom stereocenters. The molecule has 1 saturated carbocycles. The summed E-state index contributed by atoms with van der Waals surface area (Å²) in [6.07, 6.45) is 2.86. The highest BCUT2D eigenvalue weighted by atomic mass is 35.5. The minimum absolute atomic E-state index is 0.0388. The van der Waals surface area contributed by atoms with Crippen molar-refractivity contribution in [3.05, 3.63) is 82.7 Å². The monoisotopic (exact) mass is 606 g/mol. The van der Waals surface area contributed by atoms with Crippen LogP contribution in [-0.4, -0.2) is 46.8 Å². The van der Waals surface area contributed by atoms with E-state index in [2.05, 4.69) is 6.58 Å². The summed E-state index contributed by atoms with van der Waals surface area (Å²) in [6, 6.07) is 8.73. The Labute approximate surface area is 251 Å². The van der Waals surface area contributed by atoms with Crippen LogP contribution in [0.25, 0.3) is 0 Å². The quantitative estimate of drug-likeness (QED) is 0.388. The van der Waals surface area contributed by atoms with E-state index >= 15 is 0 Å². The molecule has 6 atom stereocenters. The van der Waals surface area contributed by atoms with Gasteiger partial charge in [-0.2, -0.15) is 4.90 Å². The molecular formula is C32H28ClFN2O7. The van der Waals surface area contributed by atoms with E-state index in [1.54, 1.807) is 37.3 Å². The minimum atomic E-state index is -1.43. The Balaban J connectivity index is 1.54. The number of likely N-dealkylation sites (tertiary alicyclic amines) is 1. The lowest BCUT2D eigenvalue weighted by Crippen LogP contribution is -2.49. The number of imide groups is 4. The summed E-state index contributed by atoms with van der Waals surface area (Å²) >= 11 is 6.02. The number of carbonyl (C=O) groups is 5. The summed E-state index contributed by atoms with van der Waals surface area (Å²) < 4.78 is 18.7. The maximum atomic E-state index is 14.4. The number of phenolic OH excluding ortho intramolecular Hbond substituents is 1. The average molecular weight is 607 g/mol. The predicted octanol–water partition coefficient (Wildman–Crippen LogP) is 4.91. The summed E-state index contributed by atoms with van der Waals surface area (Å²) in [7, 11) is 1.08. The molecule has 0 spiro atoms. The smallest absolute Gasteiger partial charge is 0.423 e. The zero-order valence-corrected chi connectivity index (χ0v) is 24.1. The molecule has 1 N–H and O–H groups in total. The molecular weight excluding hydrogens is 579 g/mol. The SMILES string of the molecule is C=CCc1cccc([C@H]2C3=CC[C@@H]4C(=O)N(C(=O)OC)C(=O)[C@@H]4[C@@H]3C[C@H]3C(=O)N(c4ccc(F)c(Cl)c4)C(=O)[C@@]23C)c1O. The van der Waals surface area contributed by atoms with Gasteiger partial charge in [-0.25, -0.2) is 14.1 Å². The molecule has 43 heavy (non-hydrogen) atoms. The number of hydrogen-bond donors (Lipinski definition) is 1. The van der Waals surface area contributed by atoms with Crippen molar-refractivity contribution < 1.29 is 38.2 Å². The number of carbonyl (C=O) groups excluding carboxylic acids is 5. The van der Waals surface area contributed by atoms with Crippen LogP contribution < -0.4 is 4.90 Å². The first-order valence-electron chi connectivity index (χ1n) is 13.9. The number of hydrogen-bond acceptors (Lipinski definition) is 7. The Bertz CT molecular complexity index is 1670. The number of ether oxygens (including phenoxy) is 1. The van der Waals surface area contributed by atoms with Gasteiger partial charge in [-0.3, -0.25) is 19.2 Å². The summed E-state index contributed by atoms with van der Waals surface area (Å²) in [5.41, 5.74) is 0.263. The molecule has 9 nitrogen and oxygen atoms in total. The Morgan fingerprint density at radius 3 is 2.58 bits per heavy atom. The number of nitrogens with zero attached hydrogens (tertiary/aromatic N) is 2. The fraction of sp³-hybridized carbons (Fsp3) is 0.344. The van der Waals surface area contributed by atoms with Crippen LogP contribution in [0.1, 0.15) is 36.8 Å². The molecule has 2 aromatic rings. The maximum Gasteiger partial charge on any atom is 0.423 e. The lowest BCUT2D eigenvalue weighted by Gasteiger charge is -2.49. The highest BCUT2D eigenvalue weighted by Crippen LogP contribution is 2.64. The zero-order chi connectivity index (χ0) is 31.0. The Morgan fingerprint density at radius 2 is 1.91 bits per heavy atom. The van der Waals surface area contributed by atoms with Gasteiger partial charge in [-0.15, -0.1) is 6.58 Å². The highest BCUT2D eigenvalue weighted by Gasteiger charge is 2.68. The van der Waals surface area contributed by atoms with Crippen molar-refractivity contribution >= 4 is 47.0 Å². The number of anilines is 1. The fourth-order valence-electron chi connectivity index (χ4n) is 7.67. The number of phenols is 1. The van der Waals surface area contributed by atoms with Crippen molar-refractivity contribution in [1.29, 1.82) is 0 Å². The molecule has 2 aromatic carbocycles. The van der Waals surface area contributed by atoms with Crippen molar-refractivity contribution in [1.82, 2.24) is 4.90 Å². The number of methoxy groups -OCH3 is 1. The van der Waals surface area contributed by atoms with Crippen LogP contribution >= 0.6 is 11.6 Å². The second-order valence-electron chi connectivity index (χ2n) is 11.6. The van der Waals surface area contributed by atoms with E-state index < -0.39 is 70.5 Å². The molecule has 222 valence electrons. The first-order valence-corrected chi connectivity index (χ1v) is 14.3. The van der Waals surface area contributed by atoms with Gasteiger partial charge >= 0.3 is 6.09 Å². The van der Waals surface area contributed by atoms with Gasteiger partial charge in [-0.05, 0) is 55.9 Å². The number of amides is 5. The number of fused-ring (bicyclic) bond motifs is 4. The standard InChI is InChI=1S/C32H28ClFN2O7/c1-4-6-15-7-5-8-19(26(15)37)25-17-10-11-18-24(29(40)36(27(18)38)31(42)43-3)20(17)14-21-28(39)35(30(41)32(21,25)2)16-9-12-23(34)22(33)13-16/h4-5,7-10,12-13,18,20-21,24-25,37H,1,6,11,14H2,2-3H3/t18-,20+,21-,24-,25+,32+/m0/s1. The molecule has 4 aliphatic rings. The molecule has 3 fully saturated rings. The summed E-state index contributed by atoms with van der Waals surface area (Å²) in [6.45, 7) is 5.42. The molecule has 11 heteroatoms. The fourth-order valence-corrected chi connectivity index (χ4v) is 7.84. The van der Waals surface area contributed by atoms with Crippen molar-refractivity contribution in [2.45, 2.75) is 32.1 Å². The molecule has 2 heterocycles. The Morgan fingerprint density at radius 1 is 1.16 bits per heavy atom. The third-order valence-corrected chi connectivity index (χ3v) is 9.91. The second kappa shape index (κ2) is 10.2. The second-order valence-corrected chi connectivity index (χ2v) is 12.0.